The number of ketones is 1. The average molecular weight is 768 g/mol. The van der Waals surface area contributed by atoms with E-state index < -0.39 is 92.5 Å². The molecule has 1 saturated heterocycles. The molecule has 0 aromatic rings. The van der Waals surface area contributed by atoms with Crippen LogP contribution in [0.4, 0.5) is 13.6 Å². The van der Waals surface area contributed by atoms with E-state index in [0.717, 1.165) is 19.3 Å². The number of sulfone groups is 1. The van der Waals surface area contributed by atoms with Crippen molar-refractivity contribution in [2.24, 2.45) is 29.1 Å². The van der Waals surface area contributed by atoms with Gasteiger partial charge in [-0.15, -0.1) is 6.58 Å². The molecule has 4 saturated carbocycles. The first-order chi connectivity index (χ1) is 24.6. The monoisotopic (exact) mass is 767 g/mol. The summed E-state index contributed by atoms with van der Waals surface area (Å²) in [4.78, 5) is 70.1. The Morgan fingerprint density at radius 1 is 0.943 bits per heavy atom. The zero-order valence-corrected chi connectivity index (χ0v) is 32.7. The van der Waals surface area contributed by atoms with Gasteiger partial charge >= 0.3 is 6.03 Å². The molecule has 0 aromatic heterocycles. The number of hydrogen-bond acceptors (Lipinski definition) is 7. The number of nitrogens with one attached hydrogen (secondary N) is 4. The van der Waals surface area contributed by atoms with Crippen LogP contribution in [0.5, 0.6) is 0 Å². The standard InChI is InChI=1S/C38H59F2N5O7S/c1-7-19-41-32(48)30(46)26(20-23-11-12-23)42-31(47)29-27-25(36(27,5)6)21-45(29)33(49)28(24-13-17-38(39,40)18-14-24)43-34(50)44-37(15-9-8-10-16-37)22-53(51,52)35(2,3)4/h7,23-29H,1,8-22H2,2-6H3,(H,41,48)(H,42,47)(H2,43,44,50)/t25-,26?,27-,28-,29-/m0/s1. The molecule has 0 radical (unpaired) electrons. The highest BCUT2D eigenvalue weighted by molar-refractivity contribution is 7.92. The topological polar surface area (TPSA) is 171 Å². The molecule has 0 bridgehead atoms. The van der Waals surface area contributed by atoms with E-state index in [-0.39, 0.29) is 61.3 Å². The fraction of sp³-hybridized carbons (Fsp3) is 0.816. The Morgan fingerprint density at radius 2 is 1.57 bits per heavy atom. The first-order valence-electron chi connectivity index (χ1n) is 19.3. The number of hydrogen-bond donors (Lipinski definition) is 4. The van der Waals surface area contributed by atoms with Crippen LogP contribution in [0, 0.1) is 29.1 Å². The molecule has 53 heavy (non-hydrogen) atoms. The smallest absolute Gasteiger partial charge is 0.315 e. The molecular weight excluding hydrogens is 709 g/mol. The van der Waals surface area contributed by atoms with Gasteiger partial charge in [0, 0.05) is 25.9 Å². The molecule has 1 heterocycles. The Hall–Kier alpha value is -3.10. The van der Waals surface area contributed by atoms with E-state index >= 15 is 0 Å². The van der Waals surface area contributed by atoms with E-state index in [1.54, 1.807) is 20.8 Å². The first-order valence-corrected chi connectivity index (χ1v) is 21.0. The molecule has 4 N–H and O–H groups in total. The lowest BCUT2D eigenvalue weighted by Crippen LogP contribution is -2.63. The summed E-state index contributed by atoms with van der Waals surface area (Å²) in [6.07, 6.45) is 5.68. The van der Waals surface area contributed by atoms with Gasteiger partial charge in [0.25, 0.3) is 5.91 Å². The summed E-state index contributed by atoms with van der Waals surface area (Å²) in [6, 6.07) is -4.10. The lowest BCUT2D eigenvalue weighted by molar-refractivity contribution is -0.145. The second-order valence-electron chi connectivity index (χ2n) is 18.0. The number of carbonyl (C=O) groups excluding carboxylic acids is 5. The van der Waals surface area contributed by atoms with Gasteiger partial charge in [-0.1, -0.05) is 52.0 Å². The Kier molecular flexibility index (Phi) is 11.8. The molecule has 298 valence electrons. The van der Waals surface area contributed by atoms with Crippen LogP contribution in [-0.4, -0.2) is 96.0 Å². The molecule has 12 nitrogen and oxygen atoms in total. The fourth-order valence-electron chi connectivity index (χ4n) is 8.89. The van der Waals surface area contributed by atoms with E-state index in [1.165, 1.54) is 11.0 Å². The van der Waals surface area contributed by atoms with Gasteiger partial charge in [0.2, 0.25) is 23.5 Å². The van der Waals surface area contributed by atoms with Gasteiger partial charge in [-0.05, 0) is 82.0 Å². The summed E-state index contributed by atoms with van der Waals surface area (Å²) in [5.41, 5.74) is -1.36. The molecule has 15 heteroatoms. The average Bonchev–Trinajstić information content (AvgIpc) is 3.92. The second kappa shape index (κ2) is 15.2. The minimum absolute atomic E-state index is 0.0337. The predicted molar refractivity (Wildman–Crippen MR) is 195 cm³/mol. The lowest BCUT2D eigenvalue weighted by Gasteiger charge is -2.41. The summed E-state index contributed by atoms with van der Waals surface area (Å²) >= 11 is 0. The van der Waals surface area contributed by atoms with Gasteiger partial charge in [-0.25, -0.2) is 22.0 Å². The van der Waals surface area contributed by atoms with E-state index in [0.29, 0.717) is 25.7 Å². The molecular formula is C38H59F2N5O7S. The van der Waals surface area contributed by atoms with Crippen molar-refractivity contribution < 1.29 is 41.2 Å². The summed E-state index contributed by atoms with van der Waals surface area (Å²) in [7, 11) is -3.65. The van der Waals surface area contributed by atoms with Crippen molar-refractivity contribution in [3.8, 4) is 0 Å². The van der Waals surface area contributed by atoms with Gasteiger partial charge < -0.3 is 26.2 Å². The van der Waals surface area contributed by atoms with Crippen molar-refractivity contribution in [2.75, 3.05) is 18.8 Å². The molecule has 0 aromatic carbocycles. The number of amides is 5. The van der Waals surface area contributed by atoms with Crippen molar-refractivity contribution in [2.45, 2.75) is 146 Å². The molecule has 5 aliphatic rings. The number of urea groups is 1. The third kappa shape index (κ3) is 9.24. The zero-order valence-electron chi connectivity index (χ0n) is 31.9. The number of carbonyl (C=O) groups is 5. The van der Waals surface area contributed by atoms with E-state index in [1.807, 2.05) is 13.8 Å². The van der Waals surface area contributed by atoms with Gasteiger partial charge in [0.15, 0.2) is 9.84 Å². The van der Waals surface area contributed by atoms with Crippen LogP contribution in [0.2, 0.25) is 0 Å². The van der Waals surface area contributed by atoms with Crippen LogP contribution in [0.15, 0.2) is 12.7 Å². The van der Waals surface area contributed by atoms with E-state index in [4.69, 9.17) is 0 Å². The maximum absolute atomic E-state index is 14.7. The Labute approximate surface area is 312 Å². The normalized spacial score (nSPS) is 27.4. The summed E-state index contributed by atoms with van der Waals surface area (Å²) in [5.74, 6) is -6.71. The first kappa shape index (κ1) is 41.1. The Bertz CT molecular complexity index is 1560. The van der Waals surface area contributed by atoms with E-state index in [2.05, 4.69) is 27.8 Å². The highest BCUT2D eigenvalue weighted by Gasteiger charge is 2.70. The third-order valence-electron chi connectivity index (χ3n) is 12.7. The minimum atomic E-state index is -3.65. The fourth-order valence-corrected chi connectivity index (χ4v) is 10.4. The number of fused-ring (bicyclic) bond motifs is 1. The third-order valence-corrected chi connectivity index (χ3v) is 15.5. The summed E-state index contributed by atoms with van der Waals surface area (Å²) in [6.45, 7) is 12.7. The molecule has 0 spiro atoms. The van der Waals surface area contributed by atoms with Crippen LogP contribution >= 0.6 is 0 Å². The number of piperidine rings is 1. The molecule has 5 rings (SSSR count). The van der Waals surface area contributed by atoms with Crippen LogP contribution < -0.4 is 21.3 Å². The number of rotatable bonds is 14. The van der Waals surface area contributed by atoms with Gasteiger partial charge in [-0.3, -0.25) is 19.2 Å². The Morgan fingerprint density at radius 3 is 2.13 bits per heavy atom. The highest BCUT2D eigenvalue weighted by Crippen LogP contribution is 2.65. The van der Waals surface area contributed by atoms with Crippen molar-refractivity contribution >= 4 is 39.4 Å². The summed E-state index contributed by atoms with van der Waals surface area (Å²) in [5, 5.41) is 11.0. The van der Waals surface area contributed by atoms with Gasteiger partial charge in [0.1, 0.15) is 12.1 Å². The summed E-state index contributed by atoms with van der Waals surface area (Å²) < 4.78 is 54.5. The van der Waals surface area contributed by atoms with Gasteiger partial charge in [-0.2, -0.15) is 0 Å². The molecule has 4 aliphatic carbocycles. The quantitative estimate of drug-likeness (QED) is 0.153. The van der Waals surface area contributed by atoms with Crippen molar-refractivity contribution in [3.05, 3.63) is 12.7 Å². The molecule has 5 fully saturated rings. The maximum Gasteiger partial charge on any atom is 0.315 e. The largest absolute Gasteiger partial charge is 0.346 e. The van der Waals surface area contributed by atoms with Crippen molar-refractivity contribution in [3.63, 3.8) is 0 Å². The lowest BCUT2D eigenvalue weighted by atomic mass is 9.81. The van der Waals surface area contributed by atoms with Crippen molar-refractivity contribution in [1.82, 2.24) is 26.2 Å². The highest BCUT2D eigenvalue weighted by atomic mass is 32.2. The van der Waals surface area contributed by atoms with Crippen LogP contribution in [0.1, 0.15) is 112 Å². The number of halogens is 2. The predicted octanol–water partition coefficient (Wildman–Crippen LogP) is 4.04. The molecule has 1 unspecified atom stereocenters. The van der Waals surface area contributed by atoms with Gasteiger partial charge in [0.05, 0.1) is 22.1 Å². The number of nitrogens with zero attached hydrogens (tertiary/aromatic N) is 1. The number of alkyl halides is 2. The minimum Gasteiger partial charge on any atom is -0.346 e. The molecule has 1 aliphatic heterocycles. The SMILES string of the molecule is C=CCNC(=O)C(=O)C(CC1CC1)NC(=O)[C@@H]1[C@@H]2[C@H](CN1C(=O)[C@@H](NC(=O)NC1(CS(=O)(=O)C(C)(C)C)CCCCC1)C1CCC(F)(F)CC1)C2(C)C. The van der Waals surface area contributed by atoms with Crippen LogP contribution in [0.25, 0.3) is 0 Å². The number of Topliss-reactive ketones (excluding diaryl/α,β-unsaturated/α-hetero) is 1. The van der Waals surface area contributed by atoms with Crippen molar-refractivity contribution in [1.29, 1.82) is 0 Å². The van der Waals surface area contributed by atoms with Crippen LogP contribution in [0.3, 0.4) is 0 Å². The van der Waals surface area contributed by atoms with Crippen LogP contribution in [-0.2, 0) is 29.0 Å². The maximum atomic E-state index is 14.7. The zero-order chi connectivity index (χ0) is 39.1. The number of likely N-dealkylation sites (tertiary alicyclic amines) is 1. The molecule has 5 amide bonds. The Balaban J connectivity index is 1.39. The second-order valence-corrected chi connectivity index (χ2v) is 20.7. The van der Waals surface area contributed by atoms with E-state index in [9.17, 15) is 41.2 Å². The molecule has 5 atom stereocenters.